The van der Waals surface area contributed by atoms with Crippen LogP contribution in [0.4, 0.5) is 0 Å². The summed E-state index contributed by atoms with van der Waals surface area (Å²) in [4.78, 5) is 1.72. The zero-order chi connectivity index (χ0) is 12.6. The fraction of sp³-hybridized carbons (Fsp3) is 0.923. The molecule has 3 N–H and O–H groups in total. The molecular weight excluding hydrogens is 246 g/mol. The van der Waals surface area contributed by atoms with Gasteiger partial charge in [0.05, 0.1) is 32.3 Å². The minimum Gasteiger partial charge on any atom is -0.376 e. The van der Waals surface area contributed by atoms with E-state index in [4.69, 9.17) is 17.0 Å². The van der Waals surface area contributed by atoms with E-state index in [0.29, 0.717) is 6.10 Å². The fourth-order valence-corrected chi connectivity index (χ4v) is 2.91. The average Bonchev–Trinajstić information content (AvgIpc) is 2.91. The van der Waals surface area contributed by atoms with Gasteiger partial charge >= 0.3 is 0 Å². The van der Waals surface area contributed by atoms with Gasteiger partial charge in [-0.1, -0.05) is 0 Å². The Morgan fingerprint density at radius 1 is 1.17 bits per heavy atom. The van der Waals surface area contributed by atoms with Gasteiger partial charge in [-0.15, -0.1) is 0 Å². The lowest BCUT2D eigenvalue weighted by Gasteiger charge is -2.23. The number of thiocarbonyl (C=S) groups is 1. The van der Waals surface area contributed by atoms with Crippen molar-refractivity contribution in [3.63, 3.8) is 0 Å². The van der Waals surface area contributed by atoms with Crippen LogP contribution in [0.1, 0.15) is 32.1 Å². The van der Waals surface area contributed by atoms with E-state index in [1.807, 2.05) is 0 Å². The summed E-state index contributed by atoms with van der Waals surface area (Å²) in [6, 6.07) is 0. The van der Waals surface area contributed by atoms with Gasteiger partial charge in [-0.2, -0.15) is 0 Å². The molecule has 0 radical (unpaired) electrons. The lowest BCUT2D eigenvalue weighted by molar-refractivity contribution is -0.903. The fourth-order valence-electron chi connectivity index (χ4n) is 2.73. The van der Waals surface area contributed by atoms with Crippen molar-refractivity contribution in [2.24, 2.45) is 0 Å². The van der Waals surface area contributed by atoms with Crippen LogP contribution in [0.5, 0.6) is 0 Å². The second-order valence-corrected chi connectivity index (χ2v) is 5.74. The highest BCUT2D eigenvalue weighted by Crippen LogP contribution is 2.10. The molecule has 104 valence electrons. The Morgan fingerprint density at radius 2 is 2.00 bits per heavy atom. The quantitative estimate of drug-likeness (QED) is 0.601. The zero-order valence-corrected chi connectivity index (χ0v) is 12.0. The van der Waals surface area contributed by atoms with Crippen LogP contribution in [0.3, 0.4) is 0 Å². The Bertz CT molecular complexity index is 251. The van der Waals surface area contributed by atoms with Gasteiger partial charge in [-0.05, 0) is 44.3 Å². The standard InChI is InChI=1S/C13H25N3OS/c18-13(15-11-12-5-4-10-17-12)14-6-9-16-7-2-1-3-8-16/h12H,1-11H2,(H2,14,15,18)/p+1/t12-/m0/s1. The predicted octanol–water partition coefficient (Wildman–Crippen LogP) is -0.302. The Hall–Kier alpha value is -0.390. The number of quaternary nitrogens is 1. The van der Waals surface area contributed by atoms with Crippen molar-refractivity contribution in [1.82, 2.24) is 10.6 Å². The van der Waals surface area contributed by atoms with Crippen molar-refractivity contribution in [2.75, 3.05) is 39.3 Å². The summed E-state index contributed by atoms with van der Waals surface area (Å²) in [6.45, 7) is 6.58. The SMILES string of the molecule is S=C(NCC[NH+]1CCCCC1)NC[C@@H]1CCCO1. The van der Waals surface area contributed by atoms with E-state index in [-0.39, 0.29) is 0 Å². The molecule has 2 saturated heterocycles. The number of nitrogens with one attached hydrogen (secondary N) is 3. The van der Waals surface area contributed by atoms with Crippen molar-refractivity contribution in [3.8, 4) is 0 Å². The summed E-state index contributed by atoms with van der Waals surface area (Å²) >= 11 is 5.27. The second kappa shape index (κ2) is 7.92. The Morgan fingerprint density at radius 3 is 2.72 bits per heavy atom. The molecule has 0 amide bonds. The van der Waals surface area contributed by atoms with Crippen LogP contribution in [-0.4, -0.2) is 50.5 Å². The minimum absolute atomic E-state index is 0.359. The first-order valence-corrected chi connectivity index (χ1v) is 7.72. The molecule has 0 aliphatic carbocycles. The maximum atomic E-state index is 5.55. The van der Waals surface area contributed by atoms with Crippen molar-refractivity contribution in [2.45, 2.75) is 38.2 Å². The molecule has 2 heterocycles. The van der Waals surface area contributed by atoms with Crippen LogP contribution in [-0.2, 0) is 4.74 Å². The molecule has 2 aliphatic rings. The van der Waals surface area contributed by atoms with Gasteiger partial charge in [-0.3, -0.25) is 0 Å². The van der Waals surface area contributed by atoms with Crippen molar-refractivity contribution < 1.29 is 9.64 Å². The summed E-state index contributed by atoms with van der Waals surface area (Å²) in [5, 5.41) is 7.33. The van der Waals surface area contributed by atoms with E-state index in [0.717, 1.165) is 31.2 Å². The number of rotatable bonds is 5. The summed E-state index contributed by atoms with van der Waals surface area (Å²) in [5.41, 5.74) is 0. The largest absolute Gasteiger partial charge is 0.376 e. The van der Waals surface area contributed by atoms with E-state index in [1.165, 1.54) is 45.3 Å². The van der Waals surface area contributed by atoms with Gasteiger partial charge in [0.1, 0.15) is 0 Å². The number of ether oxygens (including phenoxy) is 1. The van der Waals surface area contributed by atoms with Gasteiger partial charge in [0, 0.05) is 13.2 Å². The normalized spacial score (nSPS) is 25.0. The molecule has 0 unspecified atom stereocenters. The van der Waals surface area contributed by atoms with E-state index < -0.39 is 0 Å². The average molecular weight is 272 g/mol. The highest BCUT2D eigenvalue weighted by molar-refractivity contribution is 7.80. The monoisotopic (exact) mass is 272 g/mol. The Kier molecular flexibility index (Phi) is 6.17. The van der Waals surface area contributed by atoms with Crippen LogP contribution < -0.4 is 15.5 Å². The third-order valence-corrected chi connectivity index (χ3v) is 4.13. The number of hydrogen-bond donors (Lipinski definition) is 3. The summed E-state index contributed by atoms with van der Waals surface area (Å²) in [5.74, 6) is 0. The summed E-state index contributed by atoms with van der Waals surface area (Å²) in [6.07, 6.45) is 6.89. The minimum atomic E-state index is 0.359. The third-order valence-electron chi connectivity index (χ3n) is 3.84. The molecule has 4 nitrogen and oxygen atoms in total. The second-order valence-electron chi connectivity index (χ2n) is 5.33. The van der Waals surface area contributed by atoms with E-state index in [1.54, 1.807) is 4.90 Å². The first kappa shape index (κ1) is 14.0. The first-order valence-electron chi connectivity index (χ1n) is 7.31. The van der Waals surface area contributed by atoms with E-state index >= 15 is 0 Å². The Balaban J connectivity index is 1.48. The van der Waals surface area contributed by atoms with Gasteiger partial charge in [0.2, 0.25) is 0 Å². The molecule has 2 fully saturated rings. The van der Waals surface area contributed by atoms with Crippen LogP contribution in [0.2, 0.25) is 0 Å². The molecule has 2 aliphatic heterocycles. The Labute approximate surface area is 115 Å². The molecule has 0 aromatic rings. The molecular formula is C13H26N3OS+. The highest BCUT2D eigenvalue weighted by Gasteiger charge is 2.15. The highest BCUT2D eigenvalue weighted by atomic mass is 32.1. The smallest absolute Gasteiger partial charge is 0.166 e. The van der Waals surface area contributed by atoms with E-state index in [2.05, 4.69) is 10.6 Å². The van der Waals surface area contributed by atoms with E-state index in [9.17, 15) is 0 Å². The van der Waals surface area contributed by atoms with Crippen LogP contribution >= 0.6 is 12.2 Å². The molecule has 0 aromatic heterocycles. The molecule has 2 rings (SSSR count). The number of likely N-dealkylation sites (tertiary alicyclic amines) is 1. The molecule has 0 bridgehead atoms. The lowest BCUT2D eigenvalue weighted by atomic mass is 10.1. The lowest BCUT2D eigenvalue weighted by Crippen LogP contribution is -3.13. The van der Waals surface area contributed by atoms with Crippen molar-refractivity contribution >= 4 is 17.3 Å². The molecule has 0 spiro atoms. The van der Waals surface area contributed by atoms with Gasteiger partial charge < -0.3 is 20.3 Å². The molecule has 0 saturated carbocycles. The van der Waals surface area contributed by atoms with Crippen LogP contribution in [0.15, 0.2) is 0 Å². The first-order chi connectivity index (χ1) is 8.84. The summed E-state index contributed by atoms with van der Waals surface area (Å²) < 4.78 is 5.55. The third kappa shape index (κ3) is 5.08. The predicted molar refractivity (Wildman–Crippen MR) is 77.0 cm³/mol. The maximum absolute atomic E-state index is 5.55. The van der Waals surface area contributed by atoms with Crippen molar-refractivity contribution in [1.29, 1.82) is 0 Å². The van der Waals surface area contributed by atoms with Gasteiger partial charge in [0.15, 0.2) is 5.11 Å². The topological polar surface area (TPSA) is 37.7 Å². The molecule has 0 aromatic carbocycles. The number of hydrogen-bond acceptors (Lipinski definition) is 2. The van der Waals surface area contributed by atoms with Crippen LogP contribution in [0, 0.1) is 0 Å². The molecule has 18 heavy (non-hydrogen) atoms. The van der Waals surface area contributed by atoms with Gasteiger partial charge in [0.25, 0.3) is 0 Å². The van der Waals surface area contributed by atoms with Crippen molar-refractivity contribution in [3.05, 3.63) is 0 Å². The summed E-state index contributed by atoms with van der Waals surface area (Å²) in [7, 11) is 0. The van der Waals surface area contributed by atoms with Crippen LogP contribution in [0.25, 0.3) is 0 Å². The molecule has 1 atom stereocenters. The maximum Gasteiger partial charge on any atom is 0.166 e. The molecule has 5 heteroatoms. The number of piperidine rings is 1. The van der Waals surface area contributed by atoms with Gasteiger partial charge in [-0.25, -0.2) is 0 Å². The zero-order valence-electron chi connectivity index (χ0n) is 11.2.